The highest BCUT2D eigenvalue weighted by Crippen LogP contribution is 2.40. The van der Waals surface area contributed by atoms with Gasteiger partial charge in [-0.15, -0.1) is 0 Å². The molecule has 2 nitrogen and oxygen atoms in total. The Morgan fingerprint density at radius 2 is 2.29 bits per heavy atom. The van der Waals surface area contributed by atoms with Gasteiger partial charge in [-0.1, -0.05) is 24.3 Å². The molecule has 0 aromatic heterocycles. The summed E-state index contributed by atoms with van der Waals surface area (Å²) >= 11 is 0. The molecule has 0 heterocycles. The number of hydrogen-bond acceptors (Lipinski definition) is 2. The second kappa shape index (κ2) is 4.11. The summed E-state index contributed by atoms with van der Waals surface area (Å²) in [5.41, 5.74) is 2.16. The predicted molar refractivity (Wildman–Crippen MR) is 54.8 cm³/mol. The number of ether oxygens (including phenoxy) is 1. The zero-order valence-electron chi connectivity index (χ0n) is 8.44. The first-order chi connectivity index (χ1) is 6.81. The minimum atomic E-state index is -0.271. The topological polar surface area (TPSA) is 29.5 Å². The molecule has 1 aromatic rings. The molecule has 1 saturated carbocycles. The molecule has 1 atom stereocenters. The van der Waals surface area contributed by atoms with E-state index in [1.165, 1.54) is 0 Å². The zero-order chi connectivity index (χ0) is 9.97. The van der Waals surface area contributed by atoms with Gasteiger partial charge < -0.3 is 9.84 Å². The number of methoxy groups -OCH3 is 1. The fourth-order valence-electron chi connectivity index (χ4n) is 1.72. The molecule has 0 aliphatic heterocycles. The van der Waals surface area contributed by atoms with E-state index in [1.807, 2.05) is 24.3 Å². The number of benzene rings is 1. The van der Waals surface area contributed by atoms with E-state index < -0.39 is 0 Å². The van der Waals surface area contributed by atoms with E-state index >= 15 is 0 Å². The Morgan fingerprint density at radius 3 is 2.93 bits per heavy atom. The highest BCUT2D eigenvalue weighted by atomic mass is 16.5. The van der Waals surface area contributed by atoms with E-state index in [-0.39, 0.29) is 6.10 Å². The molecule has 1 aromatic carbocycles. The minimum absolute atomic E-state index is 0.271. The Labute approximate surface area is 84.5 Å². The average Bonchev–Trinajstić information content (AvgIpc) is 3.01. The molecule has 76 valence electrons. The molecule has 0 bridgehead atoms. The molecular formula is C12H16O2. The van der Waals surface area contributed by atoms with Crippen molar-refractivity contribution in [2.75, 3.05) is 7.11 Å². The van der Waals surface area contributed by atoms with Crippen molar-refractivity contribution in [2.45, 2.75) is 25.6 Å². The number of rotatable bonds is 4. The molecule has 1 fully saturated rings. The lowest BCUT2D eigenvalue weighted by Gasteiger charge is -2.10. The van der Waals surface area contributed by atoms with Gasteiger partial charge >= 0.3 is 0 Å². The van der Waals surface area contributed by atoms with Crippen molar-refractivity contribution in [3.8, 4) is 0 Å². The first kappa shape index (κ1) is 9.69. The lowest BCUT2D eigenvalue weighted by Crippen LogP contribution is -2.00. The Balaban J connectivity index is 2.12. The van der Waals surface area contributed by atoms with E-state index in [0.717, 1.165) is 24.0 Å². The molecule has 1 aliphatic rings. The van der Waals surface area contributed by atoms with Crippen molar-refractivity contribution in [1.29, 1.82) is 0 Å². The summed E-state index contributed by atoms with van der Waals surface area (Å²) in [6.45, 7) is 0.616. The van der Waals surface area contributed by atoms with Crippen LogP contribution in [0, 0.1) is 5.92 Å². The number of aliphatic hydroxyl groups excluding tert-OH is 1. The molecule has 0 spiro atoms. The van der Waals surface area contributed by atoms with E-state index in [4.69, 9.17) is 4.74 Å². The van der Waals surface area contributed by atoms with Crippen molar-refractivity contribution in [3.05, 3.63) is 35.4 Å². The molecule has 1 aliphatic carbocycles. The molecule has 1 N–H and O–H groups in total. The first-order valence-electron chi connectivity index (χ1n) is 5.07. The molecule has 0 amide bonds. The van der Waals surface area contributed by atoms with Gasteiger partial charge in [0.15, 0.2) is 0 Å². The van der Waals surface area contributed by atoms with Crippen LogP contribution in [0.15, 0.2) is 24.3 Å². The Kier molecular flexibility index (Phi) is 2.85. The standard InChI is InChI=1S/C12H16O2/c1-14-8-9-3-2-4-11(7-9)12(13)10-5-6-10/h2-4,7,10,12-13H,5-6,8H2,1H3. The van der Waals surface area contributed by atoms with Crippen LogP contribution in [0.25, 0.3) is 0 Å². The van der Waals surface area contributed by atoms with Gasteiger partial charge in [-0.2, -0.15) is 0 Å². The summed E-state index contributed by atoms with van der Waals surface area (Å²) in [7, 11) is 1.68. The molecule has 0 saturated heterocycles. The summed E-state index contributed by atoms with van der Waals surface area (Å²) in [5.74, 6) is 0.493. The normalized spacial score (nSPS) is 18.1. The zero-order valence-corrected chi connectivity index (χ0v) is 8.44. The summed E-state index contributed by atoms with van der Waals surface area (Å²) in [6, 6.07) is 8.02. The maximum absolute atomic E-state index is 9.91. The lowest BCUT2D eigenvalue weighted by molar-refractivity contribution is 0.153. The number of hydrogen-bond donors (Lipinski definition) is 1. The largest absolute Gasteiger partial charge is 0.388 e. The molecule has 2 rings (SSSR count). The van der Waals surface area contributed by atoms with Crippen LogP contribution in [0.5, 0.6) is 0 Å². The Hall–Kier alpha value is -0.860. The smallest absolute Gasteiger partial charge is 0.0818 e. The van der Waals surface area contributed by atoms with Crippen LogP contribution in [0.1, 0.15) is 30.1 Å². The van der Waals surface area contributed by atoms with E-state index in [2.05, 4.69) is 0 Å². The van der Waals surface area contributed by atoms with Gasteiger partial charge in [-0.05, 0) is 29.9 Å². The van der Waals surface area contributed by atoms with Crippen molar-refractivity contribution >= 4 is 0 Å². The van der Waals surface area contributed by atoms with Crippen molar-refractivity contribution < 1.29 is 9.84 Å². The second-order valence-corrected chi connectivity index (χ2v) is 3.96. The van der Waals surface area contributed by atoms with Crippen LogP contribution in [0.4, 0.5) is 0 Å². The predicted octanol–water partition coefficient (Wildman–Crippen LogP) is 2.28. The highest BCUT2D eigenvalue weighted by molar-refractivity contribution is 5.25. The quantitative estimate of drug-likeness (QED) is 0.793. The monoisotopic (exact) mass is 192 g/mol. The van der Waals surface area contributed by atoms with Gasteiger partial charge in [0.1, 0.15) is 0 Å². The summed E-state index contributed by atoms with van der Waals surface area (Å²) in [4.78, 5) is 0. The third-order valence-electron chi connectivity index (χ3n) is 2.67. The van der Waals surface area contributed by atoms with Gasteiger partial charge in [0.25, 0.3) is 0 Å². The van der Waals surface area contributed by atoms with E-state index in [9.17, 15) is 5.11 Å². The molecule has 2 heteroatoms. The Bertz CT molecular complexity index is 305. The summed E-state index contributed by atoms with van der Waals surface area (Å²) in [6.07, 6.45) is 2.05. The summed E-state index contributed by atoms with van der Waals surface area (Å²) < 4.78 is 5.06. The van der Waals surface area contributed by atoms with Crippen molar-refractivity contribution in [1.82, 2.24) is 0 Å². The van der Waals surface area contributed by atoms with Crippen molar-refractivity contribution in [2.24, 2.45) is 5.92 Å². The van der Waals surface area contributed by atoms with Crippen LogP contribution in [-0.4, -0.2) is 12.2 Å². The van der Waals surface area contributed by atoms with Gasteiger partial charge in [0.2, 0.25) is 0 Å². The van der Waals surface area contributed by atoms with Crippen LogP contribution < -0.4 is 0 Å². The second-order valence-electron chi connectivity index (χ2n) is 3.96. The molecule has 14 heavy (non-hydrogen) atoms. The van der Waals surface area contributed by atoms with E-state index in [1.54, 1.807) is 7.11 Å². The van der Waals surface area contributed by atoms with Crippen LogP contribution in [0.3, 0.4) is 0 Å². The fraction of sp³-hybridized carbons (Fsp3) is 0.500. The molecular weight excluding hydrogens is 176 g/mol. The van der Waals surface area contributed by atoms with Gasteiger partial charge in [-0.3, -0.25) is 0 Å². The van der Waals surface area contributed by atoms with E-state index in [0.29, 0.717) is 12.5 Å². The Morgan fingerprint density at radius 1 is 1.50 bits per heavy atom. The molecule has 0 radical (unpaired) electrons. The fourth-order valence-corrected chi connectivity index (χ4v) is 1.72. The van der Waals surface area contributed by atoms with Crippen LogP contribution in [0.2, 0.25) is 0 Å². The molecule has 1 unspecified atom stereocenters. The van der Waals surface area contributed by atoms with Crippen molar-refractivity contribution in [3.63, 3.8) is 0 Å². The maximum Gasteiger partial charge on any atom is 0.0818 e. The van der Waals surface area contributed by atoms with Gasteiger partial charge in [0.05, 0.1) is 12.7 Å². The van der Waals surface area contributed by atoms with Crippen LogP contribution in [-0.2, 0) is 11.3 Å². The average molecular weight is 192 g/mol. The highest BCUT2D eigenvalue weighted by Gasteiger charge is 2.30. The van der Waals surface area contributed by atoms with Crippen LogP contribution >= 0.6 is 0 Å². The maximum atomic E-state index is 9.91. The third-order valence-corrected chi connectivity index (χ3v) is 2.67. The third kappa shape index (κ3) is 2.14. The lowest BCUT2D eigenvalue weighted by atomic mass is 10.0. The van der Waals surface area contributed by atoms with Gasteiger partial charge in [-0.25, -0.2) is 0 Å². The summed E-state index contributed by atoms with van der Waals surface area (Å²) in [5, 5.41) is 9.91. The number of aliphatic hydroxyl groups is 1. The minimum Gasteiger partial charge on any atom is -0.388 e. The van der Waals surface area contributed by atoms with Gasteiger partial charge in [0, 0.05) is 7.11 Å². The first-order valence-corrected chi connectivity index (χ1v) is 5.07. The SMILES string of the molecule is COCc1cccc(C(O)C2CC2)c1.